The number of halogens is 1. The van der Waals surface area contributed by atoms with Gasteiger partial charge in [0, 0.05) is 54.8 Å². The number of carbonyl (C=O) groups is 2. The van der Waals surface area contributed by atoms with Crippen LogP contribution in [0.1, 0.15) is 47.8 Å². The third kappa shape index (κ3) is 4.33. The van der Waals surface area contributed by atoms with E-state index in [1.165, 1.54) is 6.08 Å². The monoisotopic (exact) mass is 602 g/mol. The predicted octanol–water partition coefficient (Wildman–Crippen LogP) is 3.52. The van der Waals surface area contributed by atoms with Gasteiger partial charge in [0.1, 0.15) is 12.4 Å². The van der Waals surface area contributed by atoms with Crippen LogP contribution in [0.5, 0.6) is 5.75 Å². The van der Waals surface area contributed by atoms with Crippen LogP contribution >= 0.6 is 11.6 Å². The molecule has 3 aromatic rings. The van der Waals surface area contributed by atoms with E-state index < -0.39 is 0 Å². The standard InChI is InChI=1S/C32H35ClN6O4/c1-5-24(40)37-13-19(4)38(14-18(37)3)30-22-11-23(33)27(25-17(2)7-8-20-12-34-31(41)26(20)25)29-28(22)39(32(42)35-30)21(16-43-29)15-36-9-6-10-36/h5,7-8,11,18-19,21H,1,6,9-10,12-16H2,2-4H3,(H,34,41)/t18-,19+,21?/m1/s1. The van der Waals surface area contributed by atoms with Crippen LogP contribution in [0.3, 0.4) is 0 Å². The van der Waals surface area contributed by atoms with Crippen molar-refractivity contribution in [2.45, 2.75) is 51.9 Å². The quantitative estimate of drug-likeness (QED) is 0.446. The van der Waals surface area contributed by atoms with E-state index in [0.717, 1.165) is 36.2 Å². The van der Waals surface area contributed by atoms with Gasteiger partial charge in [-0.3, -0.25) is 14.2 Å². The fraction of sp³-hybridized carbons (Fsp3) is 0.438. The summed E-state index contributed by atoms with van der Waals surface area (Å²) in [5.74, 6) is 0.761. The van der Waals surface area contributed by atoms with Crippen molar-refractivity contribution in [1.29, 1.82) is 0 Å². The molecule has 2 fully saturated rings. The van der Waals surface area contributed by atoms with E-state index in [1.54, 1.807) is 9.47 Å². The molecule has 7 rings (SSSR count). The van der Waals surface area contributed by atoms with Crippen molar-refractivity contribution in [2.75, 3.05) is 44.2 Å². The Balaban J connectivity index is 1.46. The van der Waals surface area contributed by atoms with Gasteiger partial charge in [0.2, 0.25) is 5.91 Å². The number of fused-ring (bicyclic) bond motifs is 1. The Labute approximate surface area is 254 Å². The number of benzene rings is 2. The summed E-state index contributed by atoms with van der Waals surface area (Å²) in [6.07, 6.45) is 2.48. The Hall–Kier alpha value is -3.89. The number of aromatic nitrogens is 2. The first-order chi connectivity index (χ1) is 20.7. The second kappa shape index (κ2) is 10.4. The van der Waals surface area contributed by atoms with Crippen LogP contribution in [0.25, 0.3) is 22.0 Å². The first kappa shape index (κ1) is 27.9. The SMILES string of the molecule is C=CC(=O)N1C[C@H](C)N(c2nc(=O)n3c4c(c(-c5c(C)ccc6c5C(=O)NC6)c(Cl)cc24)OCC3CN2CCC2)C[C@H]1C. The summed E-state index contributed by atoms with van der Waals surface area (Å²) >= 11 is 7.15. The van der Waals surface area contributed by atoms with Crippen molar-refractivity contribution in [3.8, 4) is 16.9 Å². The Bertz CT molecular complexity index is 1770. The molecule has 0 bridgehead atoms. The fourth-order valence-corrected chi connectivity index (χ4v) is 7.39. The molecule has 1 unspecified atom stereocenters. The molecule has 2 amide bonds. The van der Waals surface area contributed by atoms with Crippen molar-refractivity contribution in [3.63, 3.8) is 0 Å². The normalized spacial score (nSPS) is 23.1. The number of rotatable bonds is 5. The summed E-state index contributed by atoms with van der Waals surface area (Å²) in [6, 6.07) is 5.38. The molecule has 1 aromatic heterocycles. The number of hydrogen-bond acceptors (Lipinski definition) is 7. The lowest BCUT2D eigenvalue weighted by atomic mass is 9.90. The van der Waals surface area contributed by atoms with Crippen LogP contribution in [0.2, 0.25) is 5.02 Å². The number of nitrogens with one attached hydrogen (secondary N) is 1. The Morgan fingerprint density at radius 3 is 2.67 bits per heavy atom. The molecule has 224 valence electrons. The second-order valence-electron chi connectivity index (χ2n) is 12.2. The van der Waals surface area contributed by atoms with Crippen LogP contribution in [0.4, 0.5) is 5.82 Å². The number of ether oxygens (including phenoxy) is 1. The van der Waals surface area contributed by atoms with Crippen molar-refractivity contribution >= 4 is 40.1 Å². The van der Waals surface area contributed by atoms with Crippen molar-refractivity contribution in [1.82, 2.24) is 24.7 Å². The van der Waals surface area contributed by atoms with E-state index in [2.05, 4.69) is 21.7 Å². The van der Waals surface area contributed by atoms with Gasteiger partial charge in [0.15, 0.2) is 5.75 Å². The highest BCUT2D eigenvalue weighted by molar-refractivity contribution is 6.35. The topological polar surface area (TPSA) is 100 Å². The highest BCUT2D eigenvalue weighted by atomic mass is 35.5. The summed E-state index contributed by atoms with van der Waals surface area (Å²) in [5.41, 5.74) is 4.05. The minimum absolute atomic E-state index is 0.114. The molecule has 1 N–H and O–H groups in total. The number of piperazine rings is 1. The molecule has 0 saturated carbocycles. The molecule has 4 aliphatic rings. The van der Waals surface area contributed by atoms with Crippen molar-refractivity contribution in [2.24, 2.45) is 0 Å². The molecule has 11 heteroatoms. The van der Waals surface area contributed by atoms with Gasteiger partial charge in [-0.1, -0.05) is 30.3 Å². The fourth-order valence-electron chi connectivity index (χ4n) is 7.10. The first-order valence-electron chi connectivity index (χ1n) is 14.9. The van der Waals surface area contributed by atoms with E-state index in [0.29, 0.717) is 71.4 Å². The summed E-state index contributed by atoms with van der Waals surface area (Å²) in [5, 5.41) is 4.08. The maximum absolute atomic E-state index is 14.0. The molecule has 43 heavy (non-hydrogen) atoms. The summed E-state index contributed by atoms with van der Waals surface area (Å²) in [4.78, 5) is 50.5. The summed E-state index contributed by atoms with van der Waals surface area (Å²) in [7, 11) is 0. The maximum atomic E-state index is 14.0. The number of nitrogens with zero attached hydrogens (tertiary/aromatic N) is 5. The Kier molecular flexibility index (Phi) is 6.74. The number of likely N-dealkylation sites (tertiary alicyclic amines) is 1. The minimum atomic E-state index is -0.344. The highest BCUT2D eigenvalue weighted by Gasteiger charge is 2.38. The van der Waals surface area contributed by atoms with Gasteiger partial charge in [-0.2, -0.15) is 4.98 Å². The molecule has 0 aliphatic carbocycles. The summed E-state index contributed by atoms with van der Waals surface area (Å²) in [6.45, 7) is 14.0. The Morgan fingerprint density at radius 1 is 1.16 bits per heavy atom. The third-order valence-corrected chi connectivity index (χ3v) is 9.73. The number of hydrogen-bond donors (Lipinski definition) is 1. The lowest BCUT2D eigenvalue weighted by Crippen LogP contribution is -2.58. The maximum Gasteiger partial charge on any atom is 0.350 e. The van der Waals surface area contributed by atoms with E-state index in [-0.39, 0.29) is 35.6 Å². The molecule has 0 radical (unpaired) electrons. The second-order valence-corrected chi connectivity index (χ2v) is 12.6. The lowest BCUT2D eigenvalue weighted by molar-refractivity contribution is -0.128. The van der Waals surface area contributed by atoms with E-state index >= 15 is 0 Å². The van der Waals surface area contributed by atoms with Crippen molar-refractivity contribution < 1.29 is 14.3 Å². The molecule has 2 saturated heterocycles. The molecular formula is C32H35ClN6O4. The number of aryl methyl sites for hydroxylation is 1. The van der Waals surface area contributed by atoms with Gasteiger partial charge in [-0.25, -0.2) is 4.79 Å². The zero-order valence-corrected chi connectivity index (χ0v) is 25.4. The predicted molar refractivity (Wildman–Crippen MR) is 166 cm³/mol. The van der Waals surface area contributed by atoms with Crippen LogP contribution in [0.15, 0.2) is 35.6 Å². The third-order valence-electron chi connectivity index (χ3n) is 9.43. The van der Waals surface area contributed by atoms with Gasteiger partial charge in [-0.15, -0.1) is 0 Å². The smallest absolute Gasteiger partial charge is 0.350 e. The van der Waals surface area contributed by atoms with Crippen LogP contribution in [0, 0.1) is 6.92 Å². The number of carbonyl (C=O) groups excluding carboxylic acids is 2. The molecule has 0 spiro atoms. The van der Waals surface area contributed by atoms with Gasteiger partial charge >= 0.3 is 5.69 Å². The van der Waals surface area contributed by atoms with E-state index in [9.17, 15) is 14.4 Å². The average Bonchev–Trinajstić information content (AvgIpc) is 3.34. The van der Waals surface area contributed by atoms with E-state index in [4.69, 9.17) is 21.3 Å². The molecule has 3 atom stereocenters. The molecule has 4 aliphatic heterocycles. The average molecular weight is 603 g/mol. The van der Waals surface area contributed by atoms with Gasteiger partial charge in [-0.05, 0) is 63.6 Å². The minimum Gasteiger partial charge on any atom is -0.488 e. The molecule has 10 nitrogen and oxygen atoms in total. The first-order valence-corrected chi connectivity index (χ1v) is 15.3. The molecular weight excluding hydrogens is 568 g/mol. The van der Waals surface area contributed by atoms with Crippen molar-refractivity contribution in [3.05, 3.63) is 63.1 Å². The van der Waals surface area contributed by atoms with Crippen LogP contribution < -0.4 is 20.6 Å². The highest BCUT2D eigenvalue weighted by Crippen LogP contribution is 2.49. The zero-order valence-electron chi connectivity index (χ0n) is 24.7. The summed E-state index contributed by atoms with van der Waals surface area (Å²) < 4.78 is 8.37. The molecule has 2 aromatic carbocycles. The van der Waals surface area contributed by atoms with Crippen LogP contribution in [-0.4, -0.2) is 82.6 Å². The zero-order chi connectivity index (χ0) is 30.2. The number of anilines is 1. The lowest BCUT2D eigenvalue weighted by Gasteiger charge is -2.45. The Morgan fingerprint density at radius 2 is 1.95 bits per heavy atom. The largest absolute Gasteiger partial charge is 0.488 e. The van der Waals surface area contributed by atoms with Gasteiger partial charge in [0.25, 0.3) is 5.91 Å². The van der Waals surface area contributed by atoms with Crippen LogP contribution in [-0.2, 0) is 11.3 Å². The molecule has 5 heterocycles. The number of amides is 2. The van der Waals surface area contributed by atoms with Gasteiger partial charge in [0.05, 0.1) is 22.1 Å². The van der Waals surface area contributed by atoms with E-state index in [1.807, 2.05) is 39.0 Å². The van der Waals surface area contributed by atoms with Gasteiger partial charge < -0.3 is 24.8 Å².